The topological polar surface area (TPSA) is 37.4 Å². The van der Waals surface area contributed by atoms with E-state index in [2.05, 4.69) is 38.8 Å². The van der Waals surface area contributed by atoms with Crippen LogP contribution in [-0.2, 0) is 10.0 Å². The Bertz CT molecular complexity index is 546. The first-order valence-electron chi connectivity index (χ1n) is 6.81. The van der Waals surface area contributed by atoms with Crippen molar-refractivity contribution in [3.63, 3.8) is 0 Å². The van der Waals surface area contributed by atoms with Crippen LogP contribution in [0.3, 0.4) is 0 Å². The van der Waals surface area contributed by atoms with Crippen molar-refractivity contribution < 1.29 is 8.42 Å². The highest BCUT2D eigenvalue weighted by molar-refractivity contribution is 9.11. The van der Waals surface area contributed by atoms with Gasteiger partial charge in [0.05, 0.1) is 4.90 Å². The molecule has 1 aromatic carbocycles. The standard InChI is InChI=1S/C14H21Br2NO2S/c1-4-6-9-17(11(3)5-2)20(18,19)14-10-12(15)7-8-13(14)16/h7-8,10-11H,4-6,9H2,1-3H3. The summed E-state index contributed by atoms with van der Waals surface area (Å²) < 4.78 is 28.8. The Balaban J connectivity index is 3.24. The molecule has 0 saturated heterocycles. The number of benzene rings is 1. The van der Waals surface area contributed by atoms with E-state index in [0.717, 1.165) is 23.7 Å². The summed E-state index contributed by atoms with van der Waals surface area (Å²) in [5, 5.41) is 0. The van der Waals surface area contributed by atoms with Crippen molar-refractivity contribution in [2.45, 2.75) is 51.0 Å². The van der Waals surface area contributed by atoms with Gasteiger partial charge < -0.3 is 0 Å². The van der Waals surface area contributed by atoms with Crippen LogP contribution in [0.5, 0.6) is 0 Å². The minimum Gasteiger partial charge on any atom is -0.207 e. The van der Waals surface area contributed by atoms with Gasteiger partial charge in [-0.1, -0.05) is 36.2 Å². The summed E-state index contributed by atoms with van der Waals surface area (Å²) >= 11 is 6.69. The molecule has 1 atom stereocenters. The average molecular weight is 427 g/mol. The molecule has 0 spiro atoms. The van der Waals surface area contributed by atoms with Gasteiger partial charge in [0, 0.05) is 21.5 Å². The summed E-state index contributed by atoms with van der Waals surface area (Å²) in [6.07, 6.45) is 2.64. The molecule has 0 amide bonds. The van der Waals surface area contributed by atoms with Crippen molar-refractivity contribution >= 4 is 41.9 Å². The molecule has 114 valence electrons. The molecule has 0 aromatic heterocycles. The second-order valence-corrected chi connectivity index (χ2v) is 8.43. The van der Waals surface area contributed by atoms with Gasteiger partial charge in [0.2, 0.25) is 10.0 Å². The van der Waals surface area contributed by atoms with Gasteiger partial charge in [-0.2, -0.15) is 4.31 Å². The highest BCUT2D eigenvalue weighted by Gasteiger charge is 2.29. The van der Waals surface area contributed by atoms with E-state index in [1.54, 1.807) is 16.4 Å². The molecule has 1 rings (SSSR count). The maximum atomic E-state index is 12.9. The number of hydrogen-bond donors (Lipinski definition) is 0. The molecule has 6 heteroatoms. The number of nitrogens with zero attached hydrogens (tertiary/aromatic N) is 1. The van der Waals surface area contributed by atoms with Crippen LogP contribution in [0.2, 0.25) is 0 Å². The molecule has 0 aliphatic rings. The van der Waals surface area contributed by atoms with Crippen LogP contribution in [0.15, 0.2) is 32.0 Å². The highest BCUT2D eigenvalue weighted by atomic mass is 79.9. The fraction of sp³-hybridized carbons (Fsp3) is 0.571. The Labute approximate surface area is 139 Å². The summed E-state index contributed by atoms with van der Waals surface area (Å²) in [6.45, 7) is 6.59. The summed E-state index contributed by atoms with van der Waals surface area (Å²) in [5.41, 5.74) is 0. The number of unbranched alkanes of at least 4 members (excludes halogenated alkanes) is 1. The van der Waals surface area contributed by atoms with Gasteiger partial charge in [0.15, 0.2) is 0 Å². The first-order valence-corrected chi connectivity index (χ1v) is 9.84. The minimum absolute atomic E-state index is 0.00238. The monoisotopic (exact) mass is 425 g/mol. The Kier molecular flexibility index (Phi) is 7.18. The third-order valence-corrected chi connectivity index (χ3v) is 6.80. The number of rotatable bonds is 7. The lowest BCUT2D eigenvalue weighted by Gasteiger charge is -2.28. The molecule has 0 saturated carbocycles. The van der Waals surface area contributed by atoms with Gasteiger partial charge in [0.1, 0.15) is 0 Å². The molecule has 1 unspecified atom stereocenters. The van der Waals surface area contributed by atoms with E-state index in [4.69, 9.17) is 0 Å². The van der Waals surface area contributed by atoms with E-state index in [1.807, 2.05) is 19.9 Å². The van der Waals surface area contributed by atoms with Crippen LogP contribution >= 0.6 is 31.9 Å². The molecule has 20 heavy (non-hydrogen) atoms. The highest BCUT2D eigenvalue weighted by Crippen LogP contribution is 2.29. The van der Waals surface area contributed by atoms with E-state index < -0.39 is 10.0 Å². The van der Waals surface area contributed by atoms with E-state index in [1.165, 1.54) is 0 Å². The molecule has 0 bridgehead atoms. The molecule has 1 aromatic rings. The average Bonchev–Trinajstić information content (AvgIpc) is 2.41. The fourth-order valence-corrected chi connectivity index (χ4v) is 5.10. The van der Waals surface area contributed by atoms with Gasteiger partial charge in [-0.25, -0.2) is 8.42 Å². The minimum atomic E-state index is -3.48. The van der Waals surface area contributed by atoms with Gasteiger partial charge in [-0.05, 0) is 53.9 Å². The van der Waals surface area contributed by atoms with Gasteiger partial charge in [0.25, 0.3) is 0 Å². The molecular formula is C14H21Br2NO2S. The predicted molar refractivity (Wildman–Crippen MR) is 90.4 cm³/mol. The molecule has 0 aliphatic carbocycles. The van der Waals surface area contributed by atoms with Gasteiger partial charge >= 0.3 is 0 Å². The molecule has 0 radical (unpaired) electrons. The quantitative estimate of drug-likeness (QED) is 0.627. The van der Waals surface area contributed by atoms with Crippen molar-refractivity contribution in [3.05, 3.63) is 27.1 Å². The third kappa shape index (κ3) is 4.29. The van der Waals surface area contributed by atoms with Crippen LogP contribution in [0.25, 0.3) is 0 Å². The van der Waals surface area contributed by atoms with E-state index in [-0.39, 0.29) is 6.04 Å². The van der Waals surface area contributed by atoms with Crippen LogP contribution in [0, 0.1) is 0 Å². The summed E-state index contributed by atoms with van der Waals surface area (Å²) in [7, 11) is -3.48. The van der Waals surface area contributed by atoms with E-state index >= 15 is 0 Å². The second kappa shape index (κ2) is 7.92. The summed E-state index contributed by atoms with van der Waals surface area (Å²) in [4.78, 5) is 0.322. The number of halogens is 2. The van der Waals surface area contributed by atoms with Crippen molar-refractivity contribution in [2.24, 2.45) is 0 Å². The van der Waals surface area contributed by atoms with E-state index in [0.29, 0.717) is 15.9 Å². The Morgan fingerprint density at radius 3 is 2.45 bits per heavy atom. The number of hydrogen-bond acceptors (Lipinski definition) is 2. The van der Waals surface area contributed by atoms with Crippen LogP contribution in [-0.4, -0.2) is 25.3 Å². The molecule has 0 N–H and O–H groups in total. The largest absolute Gasteiger partial charge is 0.244 e. The first-order chi connectivity index (χ1) is 9.34. The first kappa shape index (κ1) is 18.1. The lowest BCUT2D eigenvalue weighted by atomic mass is 10.2. The molecule has 3 nitrogen and oxygen atoms in total. The summed E-state index contributed by atoms with van der Waals surface area (Å²) in [5.74, 6) is 0. The summed E-state index contributed by atoms with van der Waals surface area (Å²) in [6, 6.07) is 5.23. The molecule has 0 fully saturated rings. The zero-order valence-corrected chi connectivity index (χ0v) is 16.1. The smallest absolute Gasteiger partial charge is 0.207 e. The molecule has 0 heterocycles. The second-order valence-electron chi connectivity index (χ2n) is 4.80. The zero-order chi connectivity index (χ0) is 15.3. The lowest BCUT2D eigenvalue weighted by Crippen LogP contribution is -2.39. The third-order valence-electron chi connectivity index (χ3n) is 3.29. The van der Waals surface area contributed by atoms with Gasteiger partial charge in [-0.15, -0.1) is 0 Å². The Morgan fingerprint density at radius 2 is 1.90 bits per heavy atom. The van der Waals surface area contributed by atoms with Crippen LogP contribution in [0.1, 0.15) is 40.0 Å². The van der Waals surface area contributed by atoms with Crippen molar-refractivity contribution in [1.29, 1.82) is 0 Å². The molecule has 0 aliphatic heterocycles. The van der Waals surface area contributed by atoms with Gasteiger partial charge in [-0.3, -0.25) is 0 Å². The van der Waals surface area contributed by atoms with Crippen molar-refractivity contribution in [1.82, 2.24) is 4.31 Å². The normalized spacial score (nSPS) is 13.7. The molecular weight excluding hydrogens is 406 g/mol. The predicted octanol–water partition coefficient (Wildman–Crippen LogP) is 4.80. The van der Waals surface area contributed by atoms with E-state index in [9.17, 15) is 8.42 Å². The Hall–Kier alpha value is 0.0900. The van der Waals surface area contributed by atoms with Crippen molar-refractivity contribution in [3.8, 4) is 0 Å². The number of sulfonamides is 1. The van der Waals surface area contributed by atoms with Crippen LogP contribution < -0.4 is 0 Å². The van der Waals surface area contributed by atoms with Crippen LogP contribution in [0.4, 0.5) is 0 Å². The fourth-order valence-electron chi connectivity index (χ4n) is 1.90. The zero-order valence-electron chi connectivity index (χ0n) is 12.1. The maximum absolute atomic E-state index is 12.9. The maximum Gasteiger partial charge on any atom is 0.244 e. The van der Waals surface area contributed by atoms with Crippen molar-refractivity contribution in [2.75, 3.05) is 6.54 Å². The lowest BCUT2D eigenvalue weighted by molar-refractivity contribution is 0.324. The Morgan fingerprint density at radius 1 is 1.25 bits per heavy atom. The SMILES string of the molecule is CCCCN(C(C)CC)S(=O)(=O)c1cc(Br)ccc1Br.